The number of aliphatic hydroxyl groups excluding tert-OH is 1. The summed E-state index contributed by atoms with van der Waals surface area (Å²) >= 11 is 0. The zero-order valence-corrected chi connectivity index (χ0v) is 22.6. The van der Waals surface area contributed by atoms with E-state index in [9.17, 15) is 31.5 Å². The Bertz CT molecular complexity index is 889. The number of benzene rings is 1. The first-order valence-corrected chi connectivity index (χ1v) is 14.2. The quantitative estimate of drug-likeness (QED) is 0.264. The maximum absolute atomic E-state index is 13.1. The van der Waals surface area contributed by atoms with Gasteiger partial charge in [-0.2, -0.15) is 13.2 Å². The summed E-state index contributed by atoms with van der Waals surface area (Å²) in [6, 6.07) is 3.86. The number of nitrogens with one attached hydrogen (secondary N) is 2. The number of hydrogen-bond donors (Lipinski definition) is 3. The van der Waals surface area contributed by atoms with Crippen LogP contribution in [0.3, 0.4) is 0 Å². The van der Waals surface area contributed by atoms with Crippen LogP contribution in [0.25, 0.3) is 0 Å². The normalized spacial score (nSPS) is 14.3. The average molecular weight is 538 g/mol. The maximum atomic E-state index is 13.1. The highest BCUT2D eigenvalue weighted by atomic mass is 32.2. The highest BCUT2D eigenvalue weighted by molar-refractivity contribution is 7.89. The van der Waals surface area contributed by atoms with Crippen molar-refractivity contribution in [2.75, 3.05) is 31.9 Å². The van der Waals surface area contributed by atoms with E-state index in [4.69, 9.17) is 0 Å². The van der Waals surface area contributed by atoms with Crippen molar-refractivity contribution in [1.29, 1.82) is 0 Å². The lowest BCUT2D eigenvalue weighted by Crippen LogP contribution is -2.49. The molecular weight excluding hydrogens is 495 g/mol. The number of carbonyl (C=O) groups is 1. The van der Waals surface area contributed by atoms with Gasteiger partial charge in [0.2, 0.25) is 15.9 Å². The van der Waals surface area contributed by atoms with Crippen molar-refractivity contribution in [2.45, 2.75) is 78.1 Å². The molecule has 1 aromatic carbocycles. The third kappa shape index (κ3) is 12.0. The maximum Gasteiger partial charge on any atom is 0.416 e. The molecule has 0 aliphatic heterocycles. The third-order valence-electron chi connectivity index (χ3n) is 5.70. The van der Waals surface area contributed by atoms with Gasteiger partial charge in [0.1, 0.15) is 0 Å². The van der Waals surface area contributed by atoms with Gasteiger partial charge >= 0.3 is 6.18 Å². The molecule has 11 heteroatoms. The zero-order chi connectivity index (χ0) is 27.4. The minimum atomic E-state index is -4.51. The molecule has 0 saturated carbocycles. The third-order valence-corrected chi connectivity index (χ3v) is 7.57. The Morgan fingerprint density at radius 2 is 1.78 bits per heavy atom. The summed E-state index contributed by atoms with van der Waals surface area (Å²) in [6.45, 7) is 9.39. The van der Waals surface area contributed by atoms with Gasteiger partial charge in [0.15, 0.2) is 0 Å². The molecule has 3 N–H and O–H groups in total. The van der Waals surface area contributed by atoms with Gasteiger partial charge in [0.25, 0.3) is 0 Å². The molecule has 0 aliphatic carbocycles. The molecule has 36 heavy (non-hydrogen) atoms. The largest absolute Gasteiger partial charge is 0.416 e. The molecule has 0 fully saturated rings. The van der Waals surface area contributed by atoms with Crippen LogP contribution in [0.2, 0.25) is 0 Å². The van der Waals surface area contributed by atoms with Gasteiger partial charge in [0.05, 0.1) is 23.5 Å². The van der Waals surface area contributed by atoms with Crippen molar-refractivity contribution in [3.8, 4) is 0 Å². The first-order valence-electron chi connectivity index (χ1n) is 12.6. The molecule has 0 spiro atoms. The van der Waals surface area contributed by atoms with Crippen molar-refractivity contribution >= 4 is 15.9 Å². The number of amides is 1. The van der Waals surface area contributed by atoms with E-state index in [-0.39, 0.29) is 25.1 Å². The second-order valence-electron chi connectivity index (χ2n) is 9.50. The Balaban J connectivity index is 2.92. The molecule has 1 rings (SSSR count). The number of sulfonamides is 1. The monoisotopic (exact) mass is 537 g/mol. The number of alkyl halides is 3. The Kier molecular flexibility index (Phi) is 14.0. The van der Waals surface area contributed by atoms with Crippen LogP contribution in [0.4, 0.5) is 13.2 Å². The molecule has 1 amide bonds. The molecule has 0 aliphatic rings. The van der Waals surface area contributed by atoms with Crippen LogP contribution < -0.4 is 10.6 Å². The lowest BCUT2D eigenvalue weighted by molar-refractivity contribution is -0.137. The van der Waals surface area contributed by atoms with Crippen LogP contribution in [-0.2, 0) is 27.4 Å². The smallest absolute Gasteiger partial charge is 0.390 e. The Labute approximate surface area is 213 Å². The summed E-state index contributed by atoms with van der Waals surface area (Å²) in [6.07, 6.45) is -3.75. The van der Waals surface area contributed by atoms with Crippen molar-refractivity contribution in [2.24, 2.45) is 5.92 Å². The summed E-state index contributed by atoms with van der Waals surface area (Å²) in [5.41, 5.74) is -0.506. The molecule has 2 atom stereocenters. The van der Waals surface area contributed by atoms with Gasteiger partial charge in [-0.05, 0) is 49.8 Å². The molecule has 0 saturated heterocycles. The number of rotatable bonds is 17. The summed E-state index contributed by atoms with van der Waals surface area (Å²) < 4.78 is 66.1. The Morgan fingerprint density at radius 1 is 1.14 bits per heavy atom. The second kappa shape index (κ2) is 15.5. The predicted molar refractivity (Wildman–Crippen MR) is 136 cm³/mol. The number of carbonyl (C=O) groups excluding carboxylic acids is 1. The van der Waals surface area contributed by atoms with E-state index >= 15 is 0 Å². The van der Waals surface area contributed by atoms with E-state index in [0.717, 1.165) is 18.6 Å². The van der Waals surface area contributed by atoms with Gasteiger partial charge in [0, 0.05) is 26.1 Å². The molecule has 0 unspecified atom stereocenters. The second-order valence-corrected chi connectivity index (χ2v) is 11.6. The SMILES string of the molecule is CCCN(CCC)S(=O)(=O)CCC(=O)N[C@@H](Cc1cccc(C(F)(F)F)c1)[C@H](O)CNCCC(C)C. The Morgan fingerprint density at radius 3 is 2.33 bits per heavy atom. The van der Waals surface area contributed by atoms with Gasteiger partial charge in [-0.1, -0.05) is 45.9 Å². The number of aliphatic hydroxyl groups is 1. The minimum absolute atomic E-state index is 0.0345. The van der Waals surface area contributed by atoms with Crippen LogP contribution in [-0.4, -0.2) is 67.8 Å². The molecule has 0 heterocycles. The highest BCUT2D eigenvalue weighted by Gasteiger charge is 2.31. The number of nitrogens with zero attached hydrogens (tertiary/aromatic N) is 1. The minimum Gasteiger partial charge on any atom is -0.390 e. The summed E-state index contributed by atoms with van der Waals surface area (Å²) in [5.74, 6) is -0.500. The molecule has 208 valence electrons. The molecule has 7 nitrogen and oxygen atoms in total. The van der Waals surface area contributed by atoms with Crippen molar-refractivity contribution in [3.05, 3.63) is 35.4 Å². The van der Waals surface area contributed by atoms with E-state index in [1.807, 2.05) is 13.8 Å². The molecule has 0 radical (unpaired) electrons. The standard InChI is InChI=1S/C25H42F3N3O4S/c1-5-13-31(14-6-2)36(34,35)15-11-24(33)30-22(23(32)18-29-12-10-19(3)4)17-20-8-7-9-21(16-20)25(26,27)28/h7-9,16,19,22-23,29,32H,5-6,10-15,17-18H2,1-4H3,(H,30,33)/t22-,23+/m0/s1. The van der Waals surface area contributed by atoms with E-state index in [1.54, 1.807) is 0 Å². The predicted octanol–water partition coefficient (Wildman–Crippen LogP) is 3.57. The van der Waals surface area contributed by atoms with Crippen LogP contribution in [0.5, 0.6) is 0 Å². The lowest BCUT2D eigenvalue weighted by Gasteiger charge is -2.26. The van der Waals surface area contributed by atoms with Gasteiger partial charge in [-0.3, -0.25) is 4.79 Å². The lowest BCUT2D eigenvalue weighted by atomic mass is 9.99. The summed E-state index contributed by atoms with van der Waals surface area (Å²) in [4.78, 5) is 12.7. The fraction of sp³-hybridized carbons (Fsp3) is 0.720. The van der Waals surface area contributed by atoms with Gasteiger partial charge in [-0.25, -0.2) is 12.7 Å². The van der Waals surface area contributed by atoms with Crippen LogP contribution in [0.1, 0.15) is 64.5 Å². The van der Waals surface area contributed by atoms with E-state index in [0.29, 0.717) is 44.0 Å². The topological polar surface area (TPSA) is 98.7 Å². The van der Waals surface area contributed by atoms with Crippen LogP contribution in [0, 0.1) is 5.92 Å². The zero-order valence-electron chi connectivity index (χ0n) is 21.8. The van der Waals surface area contributed by atoms with E-state index < -0.39 is 39.8 Å². The average Bonchev–Trinajstić information content (AvgIpc) is 2.79. The molecule has 0 bridgehead atoms. The first kappa shape index (κ1) is 32.3. The first-order chi connectivity index (χ1) is 16.8. The number of hydrogen-bond acceptors (Lipinski definition) is 5. The summed E-state index contributed by atoms with van der Waals surface area (Å²) in [5, 5.41) is 16.5. The van der Waals surface area contributed by atoms with Crippen molar-refractivity contribution < 1.29 is 31.5 Å². The molecule has 1 aromatic rings. The van der Waals surface area contributed by atoms with E-state index in [2.05, 4.69) is 24.5 Å². The van der Waals surface area contributed by atoms with Crippen LogP contribution in [0.15, 0.2) is 24.3 Å². The fourth-order valence-electron chi connectivity index (χ4n) is 3.71. The van der Waals surface area contributed by atoms with E-state index in [1.165, 1.54) is 16.4 Å². The van der Waals surface area contributed by atoms with Crippen molar-refractivity contribution in [1.82, 2.24) is 14.9 Å². The number of halogens is 3. The molecular formula is C25H42F3N3O4S. The highest BCUT2D eigenvalue weighted by Crippen LogP contribution is 2.29. The fourth-order valence-corrected chi connectivity index (χ4v) is 5.34. The molecule has 0 aromatic heterocycles. The van der Waals surface area contributed by atoms with Gasteiger partial charge in [-0.15, -0.1) is 0 Å². The summed E-state index contributed by atoms with van der Waals surface area (Å²) in [7, 11) is -3.63. The van der Waals surface area contributed by atoms with Crippen LogP contribution >= 0.6 is 0 Å². The Hall–Kier alpha value is -1.69. The van der Waals surface area contributed by atoms with Gasteiger partial charge < -0.3 is 15.7 Å². The van der Waals surface area contributed by atoms with Crippen molar-refractivity contribution in [3.63, 3.8) is 0 Å².